The first-order chi connectivity index (χ1) is 15.0. The molecule has 0 aromatic carbocycles. The van der Waals surface area contributed by atoms with Gasteiger partial charge in [0, 0.05) is 0 Å². The van der Waals surface area contributed by atoms with Crippen molar-refractivity contribution in [2.24, 2.45) is 58.2 Å². The molecule has 0 spiro atoms. The Kier molecular flexibility index (Phi) is 6.92. The van der Waals surface area contributed by atoms with Crippen molar-refractivity contribution < 1.29 is 10.2 Å². The maximum atomic E-state index is 11.8. The Labute approximate surface area is 199 Å². The first-order valence-electron chi connectivity index (χ1n) is 14.4. The summed E-state index contributed by atoms with van der Waals surface area (Å²) in [5.41, 5.74) is 0.214. The standard InChI is InChI=1S/C30H54O2/c1-8-21(19(2)3)13-18-30(7,32)27-12-11-24-22-9-10-23-20(4)26(31)15-17-28(23,5)25(22)14-16-29(24,27)6/h19-27,31-32H,8-18H2,1-7H3/t20-,21?,22-,23?,24-,25-,26?,27-,28-,29-,30-/m0/s1. The summed E-state index contributed by atoms with van der Waals surface area (Å²) in [4.78, 5) is 0. The predicted molar refractivity (Wildman–Crippen MR) is 134 cm³/mol. The lowest BCUT2D eigenvalue weighted by Crippen LogP contribution is -2.57. The second-order valence-electron chi connectivity index (χ2n) is 14.0. The molecule has 3 unspecified atom stereocenters. The van der Waals surface area contributed by atoms with E-state index in [2.05, 4.69) is 48.5 Å². The van der Waals surface area contributed by atoms with Gasteiger partial charge in [-0.05, 0) is 129 Å². The highest BCUT2D eigenvalue weighted by Crippen LogP contribution is 2.69. The molecule has 0 saturated heterocycles. The third-order valence-corrected chi connectivity index (χ3v) is 12.4. The maximum absolute atomic E-state index is 11.8. The molecule has 4 saturated carbocycles. The van der Waals surface area contributed by atoms with E-state index in [-0.39, 0.29) is 6.10 Å². The Bertz CT molecular complexity index is 655. The molecule has 4 fully saturated rings. The summed E-state index contributed by atoms with van der Waals surface area (Å²) in [6.45, 7) is 16.7. The summed E-state index contributed by atoms with van der Waals surface area (Å²) in [5.74, 6) is 5.56. The molecule has 2 nitrogen and oxygen atoms in total. The Morgan fingerprint density at radius 1 is 0.906 bits per heavy atom. The third-order valence-electron chi connectivity index (χ3n) is 12.4. The molecule has 11 atom stereocenters. The highest BCUT2D eigenvalue weighted by atomic mass is 16.3. The van der Waals surface area contributed by atoms with Gasteiger partial charge in [-0.25, -0.2) is 0 Å². The summed E-state index contributed by atoms with van der Waals surface area (Å²) in [6.07, 6.45) is 13.4. The van der Waals surface area contributed by atoms with Gasteiger partial charge in [0.25, 0.3) is 0 Å². The average Bonchev–Trinajstić information content (AvgIpc) is 3.09. The quantitative estimate of drug-likeness (QED) is 0.444. The number of fused-ring (bicyclic) bond motifs is 5. The van der Waals surface area contributed by atoms with Crippen molar-refractivity contribution in [1.29, 1.82) is 0 Å². The van der Waals surface area contributed by atoms with E-state index in [0.717, 1.165) is 36.5 Å². The summed E-state index contributed by atoms with van der Waals surface area (Å²) in [7, 11) is 0. The van der Waals surface area contributed by atoms with Crippen LogP contribution in [0.4, 0.5) is 0 Å². The van der Waals surface area contributed by atoms with E-state index in [1.54, 1.807) is 0 Å². The minimum absolute atomic E-state index is 0.0813. The van der Waals surface area contributed by atoms with Gasteiger partial charge in [-0.1, -0.05) is 48.0 Å². The van der Waals surface area contributed by atoms with Crippen LogP contribution in [0.1, 0.15) is 119 Å². The summed E-state index contributed by atoms with van der Waals surface area (Å²) < 4.78 is 0. The van der Waals surface area contributed by atoms with Gasteiger partial charge in [-0.3, -0.25) is 0 Å². The van der Waals surface area contributed by atoms with Crippen LogP contribution in [0.5, 0.6) is 0 Å². The van der Waals surface area contributed by atoms with Gasteiger partial charge in [-0.15, -0.1) is 0 Å². The van der Waals surface area contributed by atoms with E-state index in [0.29, 0.717) is 34.5 Å². The van der Waals surface area contributed by atoms with Crippen LogP contribution < -0.4 is 0 Å². The number of aliphatic hydroxyl groups is 2. The molecule has 0 radical (unpaired) electrons. The van der Waals surface area contributed by atoms with Crippen LogP contribution in [-0.4, -0.2) is 21.9 Å². The lowest BCUT2D eigenvalue weighted by Gasteiger charge is -2.62. The summed E-state index contributed by atoms with van der Waals surface area (Å²) in [5, 5.41) is 22.4. The Balaban J connectivity index is 1.50. The molecule has 2 heteroatoms. The zero-order valence-corrected chi connectivity index (χ0v) is 22.4. The average molecular weight is 447 g/mol. The van der Waals surface area contributed by atoms with Crippen LogP contribution in [0.15, 0.2) is 0 Å². The Morgan fingerprint density at radius 3 is 2.19 bits per heavy atom. The lowest BCUT2D eigenvalue weighted by molar-refractivity contribution is -0.159. The molecule has 4 aliphatic carbocycles. The second kappa shape index (κ2) is 8.85. The van der Waals surface area contributed by atoms with Crippen LogP contribution in [0.2, 0.25) is 0 Å². The van der Waals surface area contributed by atoms with E-state index in [9.17, 15) is 10.2 Å². The highest BCUT2D eigenvalue weighted by Gasteiger charge is 2.63. The summed E-state index contributed by atoms with van der Waals surface area (Å²) >= 11 is 0. The minimum Gasteiger partial charge on any atom is -0.393 e. The number of rotatable bonds is 6. The lowest BCUT2D eigenvalue weighted by atomic mass is 9.43. The SMILES string of the molecule is CCC(CC[C@](C)(O)[C@H]1CC[C@H]2[C@@H]3CCC4[C@H](C)C(O)CC[C@]4(C)[C@H]3CC[C@@]21C)C(C)C. The largest absolute Gasteiger partial charge is 0.393 e. The van der Waals surface area contributed by atoms with Crippen molar-refractivity contribution in [2.75, 3.05) is 0 Å². The molecule has 0 aromatic heterocycles. The van der Waals surface area contributed by atoms with Gasteiger partial charge >= 0.3 is 0 Å². The molecular weight excluding hydrogens is 392 g/mol. The fourth-order valence-electron chi connectivity index (χ4n) is 10.4. The van der Waals surface area contributed by atoms with E-state index < -0.39 is 5.60 Å². The third kappa shape index (κ3) is 3.92. The molecule has 0 amide bonds. The fraction of sp³-hybridized carbons (Fsp3) is 1.00. The van der Waals surface area contributed by atoms with Gasteiger partial charge in [0.2, 0.25) is 0 Å². The zero-order chi connectivity index (χ0) is 23.5. The molecule has 4 aliphatic rings. The Hall–Kier alpha value is -0.0800. The zero-order valence-electron chi connectivity index (χ0n) is 22.4. The normalized spacial score (nSPS) is 49.1. The smallest absolute Gasteiger partial charge is 0.0653 e. The Morgan fingerprint density at radius 2 is 1.53 bits per heavy atom. The van der Waals surface area contributed by atoms with Crippen LogP contribution in [0.25, 0.3) is 0 Å². The second-order valence-corrected chi connectivity index (χ2v) is 14.0. The number of aliphatic hydroxyl groups excluding tert-OH is 1. The molecule has 4 rings (SSSR count). The monoisotopic (exact) mass is 446 g/mol. The first kappa shape index (κ1) is 25.0. The van der Waals surface area contributed by atoms with E-state index in [1.807, 2.05) is 0 Å². The molecule has 0 aromatic rings. The van der Waals surface area contributed by atoms with Crippen molar-refractivity contribution in [2.45, 2.75) is 131 Å². The topological polar surface area (TPSA) is 40.5 Å². The predicted octanol–water partition coefficient (Wildman–Crippen LogP) is 7.47. The van der Waals surface area contributed by atoms with Gasteiger partial charge in [0.15, 0.2) is 0 Å². The van der Waals surface area contributed by atoms with Gasteiger partial charge < -0.3 is 10.2 Å². The van der Waals surface area contributed by atoms with Crippen LogP contribution in [-0.2, 0) is 0 Å². The summed E-state index contributed by atoms with van der Waals surface area (Å²) in [6, 6.07) is 0. The molecule has 186 valence electrons. The first-order valence-corrected chi connectivity index (χ1v) is 14.4. The highest BCUT2D eigenvalue weighted by molar-refractivity contribution is 5.12. The fourth-order valence-corrected chi connectivity index (χ4v) is 10.4. The van der Waals surface area contributed by atoms with Crippen LogP contribution >= 0.6 is 0 Å². The van der Waals surface area contributed by atoms with Crippen molar-refractivity contribution in [3.63, 3.8) is 0 Å². The van der Waals surface area contributed by atoms with Gasteiger partial charge in [-0.2, -0.15) is 0 Å². The van der Waals surface area contributed by atoms with E-state index in [4.69, 9.17) is 0 Å². The number of hydrogen-bond donors (Lipinski definition) is 2. The number of hydrogen-bond acceptors (Lipinski definition) is 2. The van der Waals surface area contributed by atoms with Crippen molar-refractivity contribution in [3.05, 3.63) is 0 Å². The van der Waals surface area contributed by atoms with E-state index in [1.165, 1.54) is 57.8 Å². The molecule has 0 heterocycles. The van der Waals surface area contributed by atoms with Gasteiger partial charge in [0.05, 0.1) is 11.7 Å². The molecule has 2 N–H and O–H groups in total. The molecule has 0 bridgehead atoms. The van der Waals surface area contributed by atoms with E-state index >= 15 is 0 Å². The van der Waals surface area contributed by atoms with Crippen molar-refractivity contribution in [3.8, 4) is 0 Å². The maximum Gasteiger partial charge on any atom is 0.0653 e. The van der Waals surface area contributed by atoms with Gasteiger partial charge in [0.1, 0.15) is 0 Å². The molecule has 32 heavy (non-hydrogen) atoms. The van der Waals surface area contributed by atoms with Crippen LogP contribution in [0, 0.1) is 58.2 Å². The van der Waals surface area contributed by atoms with Crippen molar-refractivity contribution in [1.82, 2.24) is 0 Å². The van der Waals surface area contributed by atoms with Crippen molar-refractivity contribution >= 4 is 0 Å². The minimum atomic E-state index is -0.525. The molecule has 0 aliphatic heterocycles. The molecular formula is C30H54O2. The van der Waals surface area contributed by atoms with Crippen LogP contribution in [0.3, 0.4) is 0 Å².